The molecule has 0 aliphatic carbocycles. The Morgan fingerprint density at radius 3 is 2.73 bits per heavy atom. The van der Waals surface area contributed by atoms with Crippen molar-refractivity contribution in [2.24, 2.45) is 5.92 Å². The van der Waals surface area contributed by atoms with E-state index in [4.69, 9.17) is 4.74 Å². The van der Waals surface area contributed by atoms with Crippen molar-refractivity contribution in [1.82, 2.24) is 9.80 Å². The van der Waals surface area contributed by atoms with Crippen LogP contribution in [0.25, 0.3) is 0 Å². The van der Waals surface area contributed by atoms with E-state index in [0.29, 0.717) is 26.1 Å². The van der Waals surface area contributed by atoms with Crippen LogP contribution in [0.1, 0.15) is 32.3 Å². The molecule has 1 aromatic carbocycles. The van der Waals surface area contributed by atoms with E-state index in [9.17, 15) is 9.59 Å². The number of methoxy groups -OCH3 is 1. The summed E-state index contributed by atoms with van der Waals surface area (Å²) in [5.41, 5.74) is 2.10. The SMILES string of the molecule is COc1ccccc1CC(=O)N1C[C@H]2CC[C@@H](C1)N(CC=C(C)C)C2=O. The lowest BCUT2D eigenvalue weighted by atomic mass is 9.94. The number of hydrogen-bond donors (Lipinski definition) is 0. The molecule has 26 heavy (non-hydrogen) atoms. The minimum Gasteiger partial charge on any atom is -0.496 e. The molecule has 4 rings (SSSR count). The lowest BCUT2D eigenvalue weighted by molar-refractivity contribution is -0.139. The minimum absolute atomic E-state index is 0.0686. The fraction of sp³-hybridized carbons (Fsp3) is 0.524. The summed E-state index contributed by atoms with van der Waals surface area (Å²) in [4.78, 5) is 29.6. The number of rotatable bonds is 5. The molecule has 0 spiro atoms. The van der Waals surface area contributed by atoms with Crippen LogP contribution in [0.5, 0.6) is 5.75 Å². The highest BCUT2D eigenvalue weighted by Gasteiger charge is 2.41. The van der Waals surface area contributed by atoms with Gasteiger partial charge in [0, 0.05) is 31.2 Å². The van der Waals surface area contributed by atoms with E-state index in [-0.39, 0.29) is 23.8 Å². The lowest BCUT2D eigenvalue weighted by Crippen LogP contribution is -2.48. The van der Waals surface area contributed by atoms with E-state index < -0.39 is 0 Å². The van der Waals surface area contributed by atoms with Crippen molar-refractivity contribution < 1.29 is 14.3 Å². The van der Waals surface area contributed by atoms with E-state index >= 15 is 0 Å². The van der Waals surface area contributed by atoms with Gasteiger partial charge in [0.05, 0.1) is 19.4 Å². The summed E-state index contributed by atoms with van der Waals surface area (Å²) in [5.74, 6) is 0.940. The highest BCUT2D eigenvalue weighted by atomic mass is 16.5. The second-order valence-electron chi connectivity index (χ2n) is 7.49. The first-order chi connectivity index (χ1) is 12.5. The molecule has 5 nitrogen and oxygen atoms in total. The average Bonchev–Trinajstić information content (AvgIpc) is 2.91. The van der Waals surface area contributed by atoms with Gasteiger partial charge in [0.15, 0.2) is 0 Å². The Bertz CT molecular complexity index is 709. The van der Waals surface area contributed by atoms with E-state index in [1.165, 1.54) is 5.57 Å². The van der Waals surface area contributed by atoms with Gasteiger partial charge in [0.1, 0.15) is 5.75 Å². The smallest absolute Gasteiger partial charge is 0.228 e. The predicted octanol–water partition coefficient (Wildman–Crippen LogP) is 2.65. The van der Waals surface area contributed by atoms with Crippen molar-refractivity contribution in [3.63, 3.8) is 0 Å². The van der Waals surface area contributed by atoms with Crippen LogP contribution in [0.3, 0.4) is 0 Å². The molecule has 0 radical (unpaired) electrons. The van der Waals surface area contributed by atoms with Crippen molar-refractivity contribution >= 4 is 11.8 Å². The monoisotopic (exact) mass is 356 g/mol. The van der Waals surface area contributed by atoms with Gasteiger partial charge in [-0.2, -0.15) is 0 Å². The fourth-order valence-electron chi connectivity index (χ4n) is 3.89. The van der Waals surface area contributed by atoms with Gasteiger partial charge in [-0.15, -0.1) is 0 Å². The maximum atomic E-state index is 12.9. The van der Waals surface area contributed by atoms with Gasteiger partial charge in [-0.3, -0.25) is 9.59 Å². The Morgan fingerprint density at radius 1 is 1.23 bits per heavy atom. The zero-order chi connectivity index (χ0) is 18.7. The third kappa shape index (κ3) is 3.92. The van der Waals surface area contributed by atoms with E-state index in [1.54, 1.807) is 7.11 Å². The predicted molar refractivity (Wildman–Crippen MR) is 101 cm³/mol. The summed E-state index contributed by atoms with van der Waals surface area (Å²) in [5, 5.41) is 0. The standard InChI is InChI=1S/C21H28N2O3/c1-15(2)10-11-23-18-9-8-17(21(23)25)13-22(14-18)20(24)12-16-6-4-5-7-19(16)26-3/h4-7,10,17-18H,8-9,11-14H2,1-3H3/t17-,18+/m1/s1. The highest BCUT2D eigenvalue weighted by Crippen LogP contribution is 2.30. The third-order valence-corrected chi connectivity index (χ3v) is 5.38. The number of nitrogens with zero attached hydrogens (tertiary/aromatic N) is 2. The zero-order valence-electron chi connectivity index (χ0n) is 15.9. The quantitative estimate of drug-likeness (QED) is 0.762. The molecule has 1 aromatic rings. The first-order valence-electron chi connectivity index (χ1n) is 9.33. The summed E-state index contributed by atoms with van der Waals surface area (Å²) in [6, 6.07) is 7.74. The molecule has 5 heteroatoms. The Kier molecular flexibility index (Phi) is 5.64. The summed E-state index contributed by atoms with van der Waals surface area (Å²) in [6.45, 7) is 5.91. The lowest BCUT2D eigenvalue weighted by Gasteiger charge is -2.35. The molecule has 3 saturated heterocycles. The number of para-hydroxylation sites is 1. The van der Waals surface area contributed by atoms with E-state index in [2.05, 4.69) is 6.08 Å². The highest BCUT2D eigenvalue weighted by molar-refractivity contribution is 5.84. The molecule has 0 unspecified atom stereocenters. The maximum absolute atomic E-state index is 12.9. The van der Waals surface area contributed by atoms with Crippen LogP contribution in [-0.4, -0.2) is 54.4 Å². The molecule has 0 aromatic heterocycles. The Morgan fingerprint density at radius 2 is 2.00 bits per heavy atom. The zero-order valence-corrected chi connectivity index (χ0v) is 15.9. The van der Waals surface area contributed by atoms with E-state index in [0.717, 1.165) is 24.2 Å². The first-order valence-corrected chi connectivity index (χ1v) is 9.33. The number of benzene rings is 1. The summed E-state index contributed by atoms with van der Waals surface area (Å²) in [7, 11) is 1.62. The van der Waals surface area contributed by atoms with Gasteiger partial charge >= 0.3 is 0 Å². The van der Waals surface area contributed by atoms with Crippen LogP contribution >= 0.6 is 0 Å². The first kappa shape index (κ1) is 18.5. The summed E-state index contributed by atoms with van der Waals surface area (Å²) < 4.78 is 5.36. The van der Waals surface area contributed by atoms with Crippen LogP contribution in [0.15, 0.2) is 35.9 Å². The van der Waals surface area contributed by atoms with Crippen LogP contribution in [0, 0.1) is 5.92 Å². The molecule has 3 fully saturated rings. The van der Waals surface area contributed by atoms with Gasteiger partial charge in [-0.05, 0) is 32.8 Å². The Balaban J connectivity index is 1.73. The van der Waals surface area contributed by atoms with Gasteiger partial charge in [0.2, 0.25) is 11.8 Å². The van der Waals surface area contributed by atoms with Gasteiger partial charge in [-0.1, -0.05) is 29.8 Å². The van der Waals surface area contributed by atoms with Crippen molar-refractivity contribution in [1.29, 1.82) is 0 Å². The van der Waals surface area contributed by atoms with E-state index in [1.807, 2.05) is 47.9 Å². The fourth-order valence-corrected chi connectivity index (χ4v) is 3.89. The third-order valence-electron chi connectivity index (χ3n) is 5.38. The van der Waals surface area contributed by atoms with Crippen molar-refractivity contribution in [3.05, 3.63) is 41.5 Å². The molecule has 3 aliphatic heterocycles. The molecule has 2 bridgehead atoms. The number of allylic oxidation sites excluding steroid dienone is 1. The molecule has 3 heterocycles. The normalized spacial score (nSPS) is 22.2. The van der Waals surface area contributed by atoms with Crippen molar-refractivity contribution in [3.8, 4) is 5.75 Å². The average molecular weight is 356 g/mol. The second kappa shape index (κ2) is 7.94. The topological polar surface area (TPSA) is 49.9 Å². The number of carbonyl (C=O) groups is 2. The van der Waals surface area contributed by atoms with Gasteiger partial charge in [0.25, 0.3) is 0 Å². The minimum atomic E-state index is -0.0686. The molecule has 140 valence electrons. The molecule has 3 aliphatic rings. The van der Waals surface area contributed by atoms with Gasteiger partial charge in [-0.25, -0.2) is 0 Å². The van der Waals surface area contributed by atoms with Crippen molar-refractivity contribution in [2.45, 2.75) is 39.2 Å². The second-order valence-corrected chi connectivity index (χ2v) is 7.49. The summed E-state index contributed by atoms with van der Waals surface area (Å²) >= 11 is 0. The largest absolute Gasteiger partial charge is 0.496 e. The molecule has 0 saturated carbocycles. The summed E-state index contributed by atoms with van der Waals surface area (Å²) in [6.07, 6.45) is 4.27. The molecule has 0 N–H and O–H groups in total. The maximum Gasteiger partial charge on any atom is 0.228 e. The molecule has 2 atom stereocenters. The molecular formula is C21H28N2O3. The Labute approximate surface area is 155 Å². The van der Waals surface area contributed by atoms with Crippen LogP contribution in [0.4, 0.5) is 0 Å². The number of piperidine rings is 1. The number of amides is 2. The Hall–Kier alpha value is -2.30. The molecule has 2 amide bonds. The number of fused-ring (bicyclic) bond motifs is 4. The van der Waals surface area contributed by atoms with Crippen LogP contribution in [-0.2, 0) is 16.0 Å². The number of hydrogen-bond acceptors (Lipinski definition) is 3. The molecular weight excluding hydrogens is 328 g/mol. The number of ether oxygens (including phenoxy) is 1. The van der Waals surface area contributed by atoms with Gasteiger partial charge < -0.3 is 14.5 Å². The van der Waals surface area contributed by atoms with Crippen molar-refractivity contribution in [2.75, 3.05) is 26.7 Å². The number of carbonyl (C=O) groups excluding carboxylic acids is 2. The van der Waals surface area contributed by atoms with Crippen LogP contribution < -0.4 is 4.74 Å². The van der Waals surface area contributed by atoms with Crippen LogP contribution in [0.2, 0.25) is 0 Å².